The van der Waals surface area contributed by atoms with Gasteiger partial charge in [0.25, 0.3) is 0 Å². The fourth-order valence-electron chi connectivity index (χ4n) is 1.82. The van der Waals surface area contributed by atoms with Crippen molar-refractivity contribution in [2.24, 2.45) is 0 Å². The van der Waals surface area contributed by atoms with E-state index in [0.29, 0.717) is 6.04 Å². The zero-order valence-corrected chi connectivity index (χ0v) is 8.86. The minimum Gasteiger partial charge on any atom is -0.392 e. The van der Waals surface area contributed by atoms with Crippen molar-refractivity contribution in [1.29, 1.82) is 0 Å². The first-order chi connectivity index (χ1) is 6.13. The van der Waals surface area contributed by atoms with Crippen LogP contribution in [0.1, 0.15) is 26.7 Å². The first-order valence-corrected chi connectivity index (χ1v) is 5.08. The van der Waals surface area contributed by atoms with Crippen LogP contribution in [0.15, 0.2) is 0 Å². The van der Waals surface area contributed by atoms with Gasteiger partial charge in [-0.3, -0.25) is 4.90 Å². The van der Waals surface area contributed by atoms with Gasteiger partial charge in [-0.2, -0.15) is 0 Å². The lowest BCUT2D eigenvalue weighted by atomic mass is 10.0. The maximum Gasteiger partial charge on any atom is 0.0670 e. The van der Waals surface area contributed by atoms with E-state index in [4.69, 9.17) is 4.74 Å². The van der Waals surface area contributed by atoms with Gasteiger partial charge in [-0.25, -0.2) is 0 Å². The highest BCUT2D eigenvalue weighted by Crippen LogP contribution is 2.17. The molecule has 0 aromatic carbocycles. The van der Waals surface area contributed by atoms with Gasteiger partial charge in [0.1, 0.15) is 0 Å². The lowest BCUT2D eigenvalue weighted by molar-refractivity contribution is 0.00476. The molecule has 3 heteroatoms. The fraction of sp³-hybridized carbons (Fsp3) is 1.00. The topological polar surface area (TPSA) is 32.7 Å². The van der Waals surface area contributed by atoms with Crippen molar-refractivity contribution in [3.63, 3.8) is 0 Å². The molecule has 0 bridgehead atoms. The van der Waals surface area contributed by atoms with Crippen LogP contribution in [0.25, 0.3) is 0 Å². The number of hydrogen-bond acceptors (Lipinski definition) is 3. The van der Waals surface area contributed by atoms with Gasteiger partial charge in [0.15, 0.2) is 0 Å². The Bertz CT molecular complexity index is 152. The number of ether oxygens (including phenoxy) is 1. The summed E-state index contributed by atoms with van der Waals surface area (Å²) in [6, 6.07) is 0.584. The van der Waals surface area contributed by atoms with Gasteiger partial charge in [-0.1, -0.05) is 0 Å². The van der Waals surface area contributed by atoms with Crippen LogP contribution in [0.5, 0.6) is 0 Å². The van der Waals surface area contributed by atoms with Crippen LogP contribution in [-0.4, -0.2) is 48.5 Å². The average molecular weight is 187 g/mol. The number of piperidine rings is 1. The van der Waals surface area contributed by atoms with Gasteiger partial charge in [0.05, 0.1) is 12.2 Å². The molecular formula is C10H21NO2. The van der Waals surface area contributed by atoms with Crippen molar-refractivity contribution in [2.75, 3.05) is 20.2 Å². The third-order valence-electron chi connectivity index (χ3n) is 2.88. The van der Waals surface area contributed by atoms with Crippen LogP contribution in [0, 0.1) is 0 Å². The van der Waals surface area contributed by atoms with Gasteiger partial charge in [0, 0.05) is 26.2 Å². The Morgan fingerprint density at radius 3 is 2.85 bits per heavy atom. The number of aliphatic hydroxyl groups is 1. The number of methoxy groups -OCH3 is 1. The Hall–Kier alpha value is -0.120. The SMILES string of the molecule is COC(C)CN1C[C@@H](O)CC[C@@H]1C. The molecule has 78 valence electrons. The Kier molecular flexibility index (Phi) is 4.16. The van der Waals surface area contributed by atoms with Crippen LogP contribution in [0.4, 0.5) is 0 Å². The molecule has 1 heterocycles. The van der Waals surface area contributed by atoms with Crippen LogP contribution in [-0.2, 0) is 4.74 Å². The molecule has 0 aromatic heterocycles. The van der Waals surface area contributed by atoms with Crippen LogP contribution in [0.2, 0.25) is 0 Å². The van der Waals surface area contributed by atoms with Gasteiger partial charge in [0.2, 0.25) is 0 Å². The largest absolute Gasteiger partial charge is 0.392 e. The van der Waals surface area contributed by atoms with Gasteiger partial charge >= 0.3 is 0 Å². The second-order valence-electron chi connectivity index (χ2n) is 4.08. The van der Waals surface area contributed by atoms with Crippen molar-refractivity contribution in [3.05, 3.63) is 0 Å². The molecule has 1 fully saturated rings. The molecule has 0 radical (unpaired) electrons. The van der Waals surface area contributed by atoms with Gasteiger partial charge in [-0.05, 0) is 26.7 Å². The third-order valence-corrected chi connectivity index (χ3v) is 2.88. The third kappa shape index (κ3) is 3.25. The summed E-state index contributed by atoms with van der Waals surface area (Å²) >= 11 is 0. The summed E-state index contributed by atoms with van der Waals surface area (Å²) in [4.78, 5) is 2.31. The van der Waals surface area contributed by atoms with E-state index < -0.39 is 0 Å². The molecule has 1 saturated heterocycles. The number of hydrogen-bond donors (Lipinski definition) is 1. The van der Waals surface area contributed by atoms with Crippen molar-refractivity contribution >= 4 is 0 Å². The standard InChI is InChI=1S/C10H21NO2/c1-8-4-5-10(12)7-11(8)6-9(2)13-3/h8-10,12H,4-7H2,1-3H3/t8-,9?,10-/m0/s1. The second-order valence-corrected chi connectivity index (χ2v) is 4.08. The minimum atomic E-state index is -0.139. The summed E-state index contributed by atoms with van der Waals surface area (Å²) in [6.07, 6.45) is 2.16. The summed E-state index contributed by atoms with van der Waals surface area (Å²) in [6.45, 7) is 6.01. The summed E-state index contributed by atoms with van der Waals surface area (Å²) in [5, 5.41) is 9.50. The Morgan fingerprint density at radius 1 is 1.54 bits per heavy atom. The minimum absolute atomic E-state index is 0.139. The molecule has 1 rings (SSSR count). The number of rotatable bonds is 3. The van der Waals surface area contributed by atoms with Gasteiger partial charge in [-0.15, -0.1) is 0 Å². The van der Waals surface area contributed by atoms with Crippen molar-refractivity contribution < 1.29 is 9.84 Å². The molecule has 0 aliphatic carbocycles. The first kappa shape index (κ1) is 11.0. The summed E-state index contributed by atoms with van der Waals surface area (Å²) in [7, 11) is 1.73. The Labute approximate surface area is 80.7 Å². The zero-order valence-electron chi connectivity index (χ0n) is 8.86. The lowest BCUT2D eigenvalue weighted by Gasteiger charge is -2.37. The van der Waals surface area contributed by atoms with E-state index in [0.717, 1.165) is 25.9 Å². The van der Waals surface area contributed by atoms with E-state index in [2.05, 4.69) is 18.7 Å². The molecular weight excluding hydrogens is 166 g/mol. The normalized spacial score (nSPS) is 33.2. The van der Waals surface area contributed by atoms with Gasteiger partial charge < -0.3 is 9.84 Å². The van der Waals surface area contributed by atoms with Crippen LogP contribution in [0.3, 0.4) is 0 Å². The van der Waals surface area contributed by atoms with E-state index in [1.165, 1.54) is 0 Å². The summed E-state index contributed by atoms with van der Waals surface area (Å²) in [5.41, 5.74) is 0. The predicted molar refractivity (Wildman–Crippen MR) is 52.7 cm³/mol. The number of nitrogens with zero attached hydrogens (tertiary/aromatic N) is 1. The molecule has 0 amide bonds. The maximum atomic E-state index is 9.50. The van der Waals surface area contributed by atoms with Crippen molar-refractivity contribution in [1.82, 2.24) is 4.90 Å². The maximum absolute atomic E-state index is 9.50. The average Bonchev–Trinajstić information content (AvgIpc) is 2.11. The smallest absolute Gasteiger partial charge is 0.0670 e. The van der Waals surface area contributed by atoms with E-state index in [1.54, 1.807) is 7.11 Å². The monoisotopic (exact) mass is 187 g/mol. The van der Waals surface area contributed by atoms with E-state index >= 15 is 0 Å². The summed E-state index contributed by atoms with van der Waals surface area (Å²) in [5.74, 6) is 0. The first-order valence-electron chi connectivity index (χ1n) is 5.08. The molecule has 3 nitrogen and oxygen atoms in total. The summed E-state index contributed by atoms with van der Waals surface area (Å²) < 4.78 is 5.21. The second kappa shape index (κ2) is 4.94. The van der Waals surface area contributed by atoms with Crippen molar-refractivity contribution in [2.45, 2.75) is 44.9 Å². The quantitative estimate of drug-likeness (QED) is 0.711. The van der Waals surface area contributed by atoms with Crippen LogP contribution < -0.4 is 0 Å². The fourth-order valence-corrected chi connectivity index (χ4v) is 1.82. The van der Waals surface area contributed by atoms with Crippen LogP contribution >= 0.6 is 0 Å². The Morgan fingerprint density at radius 2 is 2.23 bits per heavy atom. The molecule has 3 atom stereocenters. The molecule has 0 aromatic rings. The van der Waals surface area contributed by atoms with Crippen molar-refractivity contribution in [3.8, 4) is 0 Å². The highest BCUT2D eigenvalue weighted by atomic mass is 16.5. The number of aliphatic hydroxyl groups excluding tert-OH is 1. The number of β-amino-alcohol motifs (C(OH)–C–C–N with tert-alkyl or cyclic N) is 1. The molecule has 1 aliphatic heterocycles. The molecule has 1 unspecified atom stereocenters. The lowest BCUT2D eigenvalue weighted by Crippen LogP contribution is -2.47. The van der Waals surface area contributed by atoms with E-state index in [-0.39, 0.29) is 12.2 Å². The predicted octanol–water partition coefficient (Wildman–Crippen LogP) is 0.866. The Balaban J connectivity index is 2.37. The van der Waals surface area contributed by atoms with E-state index in [9.17, 15) is 5.11 Å². The molecule has 0 spiro atoms. The van der Waals surface area contributed by atoms with E-state index in [1.807, 2.05) is 0 Å². The highest BCUT2D eigenvalue weighted by molar-refractivity contribution is 4.79. The molecule has 13 heavy (non-hydrogen) atoms. The highest BCUT2D eigenvalue weighted by Gasteiger charge is 2.24. The molecule has 0 saturated carbocycles. The molecule has 1 aliphatic rings. The zero-order chi connectivity index (χ0) is 9.84. The molecule has 1 N–H and O–H groups in total. The number of likely N-dealkylation sites (tertiary alicyclic amines) is 1.